The van der Waals surface area contributed by atoms with Crippen LogP contribution < -0.4 is 0 Å². The number of nitriles is 1. The Morgan fingerprint density at radius 3 is 2.73 bits per heavy atom. The van der Waals surface area contributed by atoms with Crippen LogP contribution >= 0.6 is 0 Å². The van der Waals surface area contributed by atoms with E-state index in [9.17, 15) is 0 Å². The number of ether oxygens (including phenoxy) is 1. The maximum atomic E-state index is 8.55. The summed E-state index contributed by atoms with van der Waals surface area (Å²) in [6, 6.07) is 2.19. The van der Waals surface area contributed by atoms with Crippen molar-refractivity contribution in [3.05, 3.63) is 5.92 Å². The topological polar surface area (TPSA) is 33.0 Å². The molecule has 0 aromatic rings. The molecule has 0 bridgehead atoms. The lowest BCUT2D eigenvalue weighted by molar-refractivity contribution is 0.0655. The van der Waals surface area contributed by atoms with Crippen molar-refractivity contribution in [2.24, 2.45) is 5.92 Å². The Kier molecular flexibility index (Phi) is 3.38. The molecule has 1 rings (SSSR count). The van der Waals surface area contributed by atoms with Gasteiger partial charge in [0.2, 0.25) is 0 Å². The summed E-state index contributed by atoms with van der Waals surface area (Å²) in [7, 11) is 0. The van der Waals surface area contributed by atoms with Crippen LogP contribution in [0.4, 0.5) is 0 Å². The van der Waals surface area contributed by atoms with Crippen molar-refractivity contribution in [1.82, 2.24) is 0 Å². The fourth-order valence-electron chi connectivity index (χ4n) is 1.43. The van der Waals surface area contributed by atoms with E-state index in [0.717, 1.165) is 38.4 Å². The first-order chi connectivity index (χ1) is 5.33. The normalized spacial score (nSPS) is 20.1. The summed E-state index contributed by atoms with van der Waals surface area (Å²) < 4.78 is 5.22. The average Bonchev–Trinajstić information content (AvgIpc) is 2.06. The summed E-state index contributed by atoms with van der Waals surface area (Å²) in [6.07, 6.45) is 3.22. The van der Waals surface area contributed by atoms with Crippen LogP contribution in [0.25, 0.3) is 0 Å². The second-order valence-corrected chi connectivity index (χ2v) is 3.15. The van der Waals surface area contributed by atoms with Crippen LogP contribution in [0.1, 0.15) is 26.2 Å². The molecule has 0 spiro atoms. The molecule has 1 aliphatic rings. The third-order valence-electron chi connectivity index (χ3n) is 2.13. The highest BCUT2D eigenvalue weighted by Crippen LogP contribution is 2.22. The number of hydrogen-bond acceptors (Lipinski definition) is 2. The van der Waals surface area contributed by atoms with E-state index in [-0.39, 0.29) is 0 Å². The summed E-state index contributed by atoms with van der Waals surface area (Å²) in [4.78, 5) is 0. The van der Waals surface area contributed by atoms with Crippen molar-refractivity contribution in [2.45, 2.75) is 26.2 Å². The van der Waals surface area contributed by atoms with E-state index < -0.39 is 0 Å². The quantitative estimate of drug-likeness (QED) is 0.605. The fourth-order valence-corrected chi connectivity index (χ4v) is 1.43. The predicted octanol–water partition coefficient (Wildman–Crippen LogP) is 1.92. The number of rotatable bonds is 2. The zero-order valence-electron chi connectivity index (χ0n) is 6.97. The first-order valence-electron chi connectivity index (χ1n) is 4.13. The molecule has 11 heavy (non-hydrogen) atoms. The molecule has 0 aliphatic carbocycles. The molecule has 1 aliphatic heterocycles. The lowest BCUT2D eigenvalue weighted by atomic mass is 9.90. The van der Waals surface area contributed by atoms with Crippen molar-refractivity contribution >= 4 is 0 Å². The SMILES string of the molecule is C[C](C#N)CC1CCOCC1. The average molecular weight is 152 g/mol. The first-order valence-corrected chi connectivity index (χ1v) is 4.13. The van der Waals surface area contributed by atoms with Crippen molar-refractivity contribution in [3.63, 3.8) is 0 Å². The molecular weight excluding hydrogens is 138 g/mol. The van der Waals surface area contributed by atoms with Crippen LogP contribution in [0.2, 0.25) is 0 Å². The van der Waals surface area contributed by atoms with Gasteiger partial charge in [0.1, 0.15) is 0 Å². The number of nitrogens with zero attached hydrogens (tertiary/aromatic N) is 1. The van der Waals surface area contributed by atoms with Gasteiger partial charge in [-0.3, -0.25) is 0 Å². The van der Waals surface area contributed by atoms with E-state index in [4.69, 9.17) is 10.00 Å². The van der Waals surface area contributed by atoms with Gasteiger partial charge in [-0.05, 0) is 32.1 Å². The smallest absolute Gasteiger partial charge is 0.0732 e. The van der Waals surface area contributed by atoms with Crippen molar-refractivity contribution in [1.29, 1.82) is 5.26 Å². The number of hydrogen-bond donors (Lipinski definition) is 0. The molecule has 0 N–H and O–H groups in total. The molecule has 0 amide bonds. The Labute approximate surface area is 68.2 Å². The van der Waals surface area contributed by atoms with Crippen LogP contribution in [0, 0.1) is 23.2 Å². The molecule has 0 atom stereocenters. The molecule has 1 radical (unpaired) electrons. The molecule has 0 unspecified atom stereocenters. The minimum Gasteiger partial charge on any atom is -0.381 e. The van der Waals surface area contributed by atoms with Crippen LogP contribution in [0.5, 0.6) is 0 Å². The van der Waals surface area contributed by atoms with Gasteiger partial charge in [0.25, 0.3) is 0 Å². The van der Waals surface area contributed by atoms with Crippen LogP contribution in [-0.2, 0) is 4.74 Å². The van der Waals surface area contributed by atoms with Gasteiger partial charge in [-0.25, -0.2) is 0 Å². The van der Waals surface area contributed by atoms with Gasteiger partial charge >= 0.3 is 0 Å². The first kappa shape index (κ1) is 8.55. The Morgan fingerprint density at radius 2 is 2.18 bits per heavy atom. The maximum absolute atomic E-state index is 8.55. The molecule has 0 aromatic heterocycles. The summed E-state index contributed by atoms with van der Waals surface area (Å²) in [5, 5.41) is 8.55. The lowest BCUT2D eigenvalue weighted by Gasteiger charge is -2.22. The summed E-state index contributed by atoms with van der Waals surface area (Å²) >= 11 is 0. The Bertz CT molecular complexity index is 144. The van der Waals surface area contributed by atoms with Gasteiger partial charge < -0.3 is 4.74 Å². The van der Waals surface area contributed by atoms with E-state index in [2.05, 4.69) is 6.07 Å². The monoisotopic (exact) mass is 152 g/mol. The molecule has 1 fully saturated rings. The second kappa shape index (κ2) is 4.35. The fraction of sp³-hybridized carbons (Fsp3) is 0.778. The molecule has 1 heterocycles. The van der Waals surface area contributed by atoms with E-state index in [1.54, 1.807) is 0 Å². The zero-order chi connectivity index (χ0) is 8.10. The van der Waals surface area contributed by atoms with Crippen LogP contribution in [-0.4, -0.2) is 13.2 Å². The Morgan fingerprint density at radius 1 is 1.55 bits per heavy atom. The van der Waals surface area contributed by atoms with E-state index in [1.807, 2.05) is 6.92 Å². The maximum Gasteiger partial charge on any atom is 0.0732 e. The zero-order valence-corrected chi connectivity index (χ0v) is 6.97. The van der Waals surface area contributed by atoms with Gasteiger partial charge in [0, 0.05) is 13.2 Å². The van der Waals surface area contributed by atoms with Gasteiger partial charge in [0.15, 0.2) is 0 Å². The van der Waals surface area contributed by atoms with Gasteiger partial charge in [-0.1, -0.05) is 0 Å². The van der Waals surface area contributed by atoms with Crippen molar-refractivity contribution < 1.29 is 4.74 Å². The van der Waals surface area contributed by atoms with E-state index in [0.29, 0.717) is 5.92 Å². The third-order valence-corrected chi connectivity index (χ3v) is 2.13. The molecule has 61 valence electrons. The summed E-state index contributed by atoms with van der Waals surface area (Å²) in [5.41, 5.74) is 0. The highest BCUT2D eigenvalue weighted by molar-refractivity contribution is 5.07. The molecule has 1 saturated heterocycles. The Balaban J connectivity index is 2.20. The highest BCUT2D eigenvalue weighted by Gasteiger charge is 2.16. The van der Waals surface area contributed by atoms with Crippen LogP contribution in [0.3, 0.4) is 0 Å². The van der Waals surface area contributed by atoms with E-state index >= 15 is 0 Å². The van der Waals surface area contributed by atoms with Gasteiger partial charge in [-0.2, -0.15) is 5.26 Å². The predicted molar refractivity (Wildman–Crippen MR) is 42.7 cm³/mol. The largest absolute Gasteiger partial charge is 0.381 e. The molecule has 2 heteroatoms. The minimum absolute atomic E-state index is 0.698. The molecular formula is C9H14NO. The van der Waals surface area contributed by atoms with Crippen molar-refractivity contribution in [2.75, 3.05) is 13.2 Å². The summed E-state index contributed by atoms with van der Waals surface area (Å²) in [6.45, 7) is 3.67. The second-order valence-electron chi connectivity index (χ2n) is 3.15. The minimum atomic E-state index is 0.698. The van der Waals surface area contributed by atoms with Gasteiger partial charge in [0.05, 0.1) is 12.0 Å². The van der Waals surface area contributed by atoms with Crippen LogP contribution in [0.15, 0.2) is 0 Å². The van der Waals surface area contributed by atoms with Crippen molar-refractivity contribution in [3.8, 4) is 6.07 Å². The molecule has 0 saturated carbocycles. The third kappa shape index (κ3) is 2.90. The van der Waals surface area contributed by atoms with E-state index in [1.165, 1.54) is 0 Å². The molecule has 2 nitrogen and oxygen atoms in total. The highest BCUT2D eigenvalue weighted by atomic mass is 16.5. The lowest BCUT2D eigenvalue weighted by Crippen LogP contribution is -2.16. The molecule has 0 aromatic carbocycles. The van der Waals surface area contributed by atoms with Gasteiger partial charge in [-0.15, -0.1) is 0 Å². The summed E-state index contributed by atoms with van der Waals surface area (Å²) in [5.74, 6) is 1.65. The standard InChI is InChI=1S/C9H14NO/c1-8(7-10)6-9-2-4-11-5-3-9/h9H,2-6H2,1H3. The Hall–Kier alpha value is -0.550.